The molecule has 246 valence electrons. The van der Waals surface area contributed by atoms with Crippen molar-refractivity contribution in [2.75, 3.05) is 11.5 Å². The van der Waals surface area contributed by atoms with Gasteiger partial charge >= 0.3 is 0 Å². The van der Waals surface area contributed by atoms with E-state index in [1.807, 2.05) is 116 Å². The minimum absolute atomic E-state index is 0.553. The molecule has 0 bridgehead atoms. The summed E-state index contributed by atoms with van der Waals surface area (Å²) in [5, 5.41) is 0.925. The summed E-state index contributed by atoms with van der Waals surface area (Å²) in [5.41, 5.74) is 23.8. The molecule has 4 N–H and O–H groups in total. The Balaban J connectivity index is 1.33. The minimum atomic E-state index is 0.553. The van der Waals surface area contributed by atoms with Crippen LogP contribution >= 0.6 is 0 Å². The number of nitrogen functional groups attached to an aromatic ring is 2. The number of pyridine rings is 1. The Bertz CT molecular complexity index is 2610. The lowest BCUT2D eigenvalue weighted by molar-refractivity contribution is 1.04. The number of hydrogen-bond acceptors (Lipinski definition) is 6. The second-order valence-corrected chi connectivity index (χ2v) is 12.0. The summed E-state index contributed by atoms with van der Waals surface area (Å²) < 4.78 is 4.31. The predicted octanol–water partition coefficient (Wildman–Crippen LogP) is 9.47. The van der Waals surface area contributed by atoms with Gasteiger partial charge in [0.1, 0.15) is 5.52 Å². The molecule has 0 saturated heterocycles. The SMILES string of the molecule is C=C/C=C(\C=C/C)c1nc(-c2ccccc2)nc(-c2ccc(-n3c(-c4c(N)c5ncccc5n4-c4ccccc4)c(N)c4ccccc43)cc2)n1. The van der Waals surface area contributed by atoms with Crippen LogP contribution in [0, 0.1) is 0 Å². The van der Waals surface area contributed by atoms with Crippen molar-refractivity contribution in [1.82, 2.24) is 29.1 Å². The van der Waals surface area contributed by atoms with Gasteiger partial charge in [0.2, 0.25) is 0 Å². The molecule has 8 rings (SSSR count). The zero-order valence-electron chi connectivity index (χ0n) is 28.0. The van der Waals surface area contributed by atoms with Crippen LogP contribution in [0.5, 0.6) is 0 Å². The van der Waals surface area contributed by atoms with Crippen molar-refractivity contribution >= 4 is 38.9 Å². The van der Waals surface area contributed by atoms with E-state index < -0.39 is 0 Å². The van der Waals surface area contributed by atoms with Gasteiger partial charge in [-0.15, -0.1) is 0 Å². The van der Waals surface area contributed by atoms with Gasteiger partial charge in [0.15, 0.2) is 17.5 Å². The van der Waals surface area contributed by atoms with Crippen molar-refractivity contribution in [3.63, 3.8) is 0 Å². The molecule has 0 unspecified atom stereocenters. The minimum Gasteiger partial charge on any atom is -0.396 e. The molecule has 0 spiro atoms. The summed E-state index contributed by atoms with van der Waals surface area (Å²) >= 11 is 0. The topological polar surface area (TPSA) is 113 Å². The summed E-state index contributed by atoms with van der Waals surface area (Å²) in [6.07, 6.45) is 9.33. The smallest absolute Gasteiger partial charge is 0.164 e. The third kappa shape index (κ3) is 5.45. The molecule has 8 aromatic rings. The van der Waals surface area contributed by atoms with Crippen LogP contribution in [-0.4, -0.2) is 29.1 Å². The molecule has 0 atom stereocenters. The Hall–Kier alpha value is -7.06. The second-order valence-electron chi connectivity index (χ2n) is 12.0. The quantitative estimate of drug-likeness (QED) is 0.157. The Labute approximate surface area is 295 Å². The van der Waals surface area contributed by atoms with Gasteiger partial charge in [0, 0.05) is 39.7 Å². The van der Waals surface area contributed by atoms with E-state index in [4.69, 9.17) is 26.4 Å². The van der Waals surface area contributed by atoms with Crippen molar-refractivity contribution in [3.05, 3.63) is 164 Å². The van der Waals surface area contributed by atoms with E-state index in [1.54, 1.807) is 12.3 Å². The average Bonchev–Trinajstić information content (AvgIpc) is 3.65. The van der Waals surface area contributed by atoms with Gasteiger partial charge < -0.3 is 20.6 Å². The maximum absolute atomic E-state index is 7.08. The van der Waals surface area contributed by atoms with Crippen molar-refractivity contribution in [2.24, 2.45) is 0 Å². The number of aromatic nitrogens is 6. The fourth-order valence-corrected chi connectivity index (χ4v) is 6.60. The van der Waals surface area contributed by atoms with Crippen LogP contribution in [0.3, 0.4) is 0 Å². The maximum atomic E-state index is 7.08. The molecular formula is C43H34N8. The first kappa shape index (κ1) is 31.2. The summed E-state index contributed by atoms with van der Waals surface area (Å²) in [6.45, 7) is 5.86. The van der Waals surface area contributed by atoms with Crippen LogP contribution in [0.15, 0.2) is 158 Å². The fourth-order valence-electron chi connectivity index (χ4n) is 6.60. The summed E-state index contributed by atoms with van der Waals surface area (Å²) in [6, 6.07) is 40.3. The zero-order valence-corrected chi connectivity index (χ0v) is 28.0. The molecule has 51 heavy (non-hydrogen) atoms. The lowest BCUT2D eigenvalue weighted by Gasteiger charge is -2.16. The van der Waals surface area contributed by atoms with E-state index in [9.17, 15) is 0 Å². The van der Waals surface area contributed by atoms with E-state index in [1.165, 1.54) is 0 Å². The molecule has 4 aromatic carbocycles. The molecule has 0 aliphatic carbocycles. The third-order valence-corrected chi connectivity index (χ3v) is 8.87. The van der Waals surface area contributed by atoms with Crippen molar-refractivity contribution in [1.29, 1.82) is 0 Å². The average molecular weight is 663 g/mol. The van der Waals surface area contributed by atoms with Crippen LogP contribution in [0.4, 0.5) is 11.4 Å². The van der Waals surface area contributed by atoms with Gasteiger partial charge in [-0.25, -0.2) is 15.0 Å². The molecule has 0 saturated carbocycles. The first-order valence-corrected chi connectivity index (χ1v) is 16.6. The number of nitrogens with zero attached hydrogens (tertiary/aromatic N) is 6. The molecule has 0 aliphatic heterocycles. The van der Waals surface area contributed by atoms with Crippen molar-refractivity contribution in [3.8, 4) is 45.5 Å². The van der Waals surface area contributed by atoms with Gasteiger partial charge in [0.25, 0.3) is 0 Å². The van der Waals surface area contributed by atoms with Crippen LogP contribution in [0.1, 0.15) is 12.7 Å². The Morgan fingerprint density at radius 2 is 1.22 bits per heavy atom. The number of benzene rings is 4. The summed E-state index contributed by atoms with van der Waals surface area (Å²) in [4.78, 5) is 19.4. The monoisotopic (exact) mass is 662 g/mol. The van der Waals surface area contributed by atoms with Gasteiger partial charge in [-0.05, 0) is 61.5 Å². The molecular weight excluding hydrogens is 629 g/mol. The van der Waals surface area contributed by atoms with Gasteiger partial charge in [-0.1, -0.05) is 97.6 Å². The Kier molecular flexibility index (Phi) is 8.02. The number of hydrogen-bond donors (Lipinski definition) is 2. The first-order valence-electron chi connectivity index (χ1n) is 16.6. The van der Waals surface area contributed by atoms with E-state index in [0.29, 0.717) is 34.4 Å². The number of fused-ring (bicyclic) bond motifs is 2. The molecule has 8 heteroatoms. The molecule has 4 heterocycles. The molecule has 0 fully saturated rings. The van der Waals surface area contributed by atoms with Crippen molar-refractivity contribution < 1.29 is 0 Å². The summed E-state index contributed by atoms with van der Waals surface area (Å²) in [7, 11) is 0. The number of rotatable bonds is 8. The van der Waals surface area contributed by atoms with Crippen molar-refractivity contribution in [2.45, 2.75) is 6.92 Å². The highest BCUT2D eigenvalue weighted by Gasteiger charge is 2.26. The molecule has 8 nitrogen and oxygen atoms in total. The van der Waals surface area contributed by atoms with Gasteiger partial charge in [-0.3, -0.25) is 4.98 Å². The van der Waals surface area contributed by atoms with Crippen LogP contribution in [-0.2, 0) is 0 Å². The molecule has 0 amide bonds. The van der Waals surface area contributed by atoms with Crippen LogP contribution < -0.4 is 11.5 Å². The molecule has 0 aliphatic rings. The van der Waals surface area contributed by atoms with Gasteiger partial charge in [0.05, 0.1) is 33.8 Å². The first-order chi connectivity index (χ1) is 25.1. The van der Waals surface area contributed by atoms with E-state index in [0.717, 1.165) is 55.9 Å². The fraction of sp³-hybridized carbons (Fsp3) is 0.0233. The second kappa shape index (κ2) is 13.1. The van der Waals surface area contributed by atoms with Crippen LogP contribution in [0.25, 0.3) is 73.0 Å². The maximum Gasteiger partial charge on any atom is 0.164 e. The van der Waals surface area contributed by atoms with Gasteiger partial charge in [-0.2, -0.15) is 0 Å². The lowest BCUT2D eigenvalue weighted by Crippen LogP contribution is -2.05. The number of anilines is 2. The largest absolute Gasteiger partial charge is 0.396 e. The highest BCUT2D eigenvalue weighted by Crippen LogP contribution is 2.45. The Morgan fingerprint density at radius 3 is 1.92 bits per heavy atom. The van der Waals surface area contributed by atoms with E-state index in [-0.39, 0.29) is 0 Å². The third-order valence-electron chi connectivity index (χ3n) is 8.87. The highest BCUT2D eigenvalue weighted by atomic mass is 15.1. The molecule has 0 radical (unpaired) electrons. The number of nitrogens with two attached hydrogens (primary N) is 2. The normalized spacial score (nSPS) is 11.9. The zero-order chi connectivity index (χ0) is 34.9. The lowest BCUT2D eigenvalue weighted by atomic mass is 10.1. The molecule has 4 aromatic heterocycles. The number of para-hydroxylation sites is 2. The predicted molar refractivity (Wildman–Crippen MR) is 209 cm³/mol. The van der Waals surface area contributed by atoms with E-state index in [2.05, 4.69) is 51.0 Å². The van der Waals surface area contributed by atoms with E-state index >= 15 is 0 Å². The number of allylic oxidation sites excluding steroid dienone is 5. The Morgan fingerprint density at radius 1 is 0.627 bits per heavy atom. The summed E-state index contributed by atoms with van der Waals surface area (Å²) in [5.74, 6) is 1.70. The highest BCUT2D eigenvalue weighted by molar-refractivity contribution is 6.08. The van der Waals surface area contributed by atoms with Crippen LogP contribution in [0.2, 0.25) is 0 Å². The standard InChI is InChI=1S/C43H34N8/c1-3-14-28(15-4-2)41-47-42(29-16-7-5-8-17-29)49-43(48-41)30-23-25-32(26-24-30)50-34-21-12-11-20-33(34)36(44)39(50)40-37(45)38-35(22-13-27-46-38)51(40)31-18-9-6-10-19-31/h3-27H,1,44-45H2,2H3/b15-4-,28-14+.